The van der Waals surface area contributed by atoms with Crippen molar-refractivity contribution in [2.75, 3.05) is 13.2 Å². The second-order valence-electron chi connectivity index (χ2n) is 5.85. The van der Waals surface area contributed by atoms with E-state index in [9.17, 15) is 14.7 Å². The number of piperidine rings is 1. The van der Waals surface area contributed by atoms with Crippen LogP contribution in [0.5, 0.6) is 0 Å². The smallest absolute Gasteiger partial charge is 0.349 e. The van der Waals surface area contributed by atoms with Crippen molar-refractivity contribution in [2.24, 2.45) is 5.92 Å². The number of likely N-dealkylation sites (tertiary alicyclic amines) is 1. The van der Waals surface area contributed by atoms with Crippen LogP contribution in [0.1, 0.15) is 30.1 Å². The van der Waals surface area contributed by atoms with Gasteiger partial charge in [0.05, 0.1) is 12.6 Å². The van der Waals surface area contributed by atoms with Crippen molar-refractivity contribution >= 4 is 16.9 Å². The predicted molar refractivity (Wildman–Crippen MR) is 82.8 cm³/mol. The summed E-state index contributed by atoms with van der Waals surface area (Å²) in [4.78, 5) is 26.5. The normalized spacial score (nSPS) is 22.0. The fourth-order valence-electron chi connectivity index (χ4n) is 3.15. The summed E-state index contributed by atoms with van der Waals surface area (Å²) in [5.74, 6) is -0.139. The molecule has 1 aromatic heterocycles. The summed E-state index contributed by atoms with van der Waals surface area (Å²) in [5, 5.41) is 10.3. The van der Waals surface area contributed by atoms with Gasteiger partial charge < -0.3 is 14.4 Å². The van der Waals surface area contributed by atoms with Crippen molar-refractivity contribution in [3.8, 4) is 0 Å². The van der Waals surface area contributed by atoms with Crippen molar-refractivity contribution < 1.29 is 14.3 Å². The Kier molecular flexibility index (Phi) is 3.98. The minimum Gasteiger partial charge on any atom is -0.422 e. The van der Waals surface area contributed by atoms with Gasteiger partial charge in [0.2, 0.25) is 0 Å². The topological polar surface area (TPSA) is 70.8 Å². The highest BCUT2D eigenvalue weighted by Crippen LogP contribution is 2.24. The molecule has 2 heterocycles. The summed E-state index contributed by atoms with van der Waals surface area (Å²) in [5.41, 5.74) is -0.125. The van der Waals surface area contributed by atoms with Gasteiger partial charge in [-0.2, -0.15) is 0 Å². The van der Waals surface area contributed by atoms with E-state index in [1.807, 2.05) is 13.0 Å². The summed E-state index contributed by atoms with van der Waals surface area (Å²) >= 11 is 0. The Morgan fingerprint density at radius 1 is 1.41 bits per heavy atom. The Bertz CT molecular complexity index is 752. The number of aliphatic hydroxyl groups is 1. The second-order valence-corrected chi connectivity index (χ2v) is 5.85. The number of para-hydroxylation sites is 1. The van der Waals surface area contributed by atoms with Gasteiger partial charge in [-0.05, 0) is 30.9 Å². The van der Waals surface area contributed by atoms with E-state index in [1.54, 1.807) is 29.2 Å². The number of rotatable bonds is 2. The number of hydrogen-bond donors (Lipinski definition) is 1. The molecule has 0 bridgehead atoms. The Hall–Kier alpha value is -2.14. The molecule has 1 aliphatic heterocycles. The summed E-state index contributed by atoms with van der Waals surface area (Å²) in [6.45, 7) is 2.48. The molecular formula is C17H19NO4. The molecule has 1 aromatic carbocycles. The van der Waals surface area contributed by atoms with Gasteiger partial charge in [0.25, 0.3) is 5.91 Å². The maximum Gasteiger partial charge on any atom is 0.349 e. The maximum absolute atomic E-state index is 12.7. The molecular weight excluding hydrogens is 282 g/mol. The van der Waals surface area contributed by atoms with Gasteiger partial charge in [-0.3, -0.25) is 4.79 Å². The molecule has 1 aliphatic rings. The first kappa shape index (κ1) is 14.8. The number of aliphatic hydroxyl groups excluding tert-OH is 1. The van der Waals surface area contributed by atoms with Crippen molar-refractivity contribution in [1.82, 2.24) is 4.90 Å². The summed E-state index contributed by atoms with van der Waals surface area (Å²) < 4.78 is 5.23. The van der Waals surface area contributed by atoms with E-state index >= 15 is 0 Å². The third-order valence-electron chi connectivity index (χ3n) is 4.44. The number of carbonyl (C=O) groups excluding carboxylic acids is 1. The fourth-order valence-corrected chi connectivity index (χ4v) is 3.15. The highest BCUT2D eigenvalue weighted by molar-refractivity contribution is 5.96. The standard InChI is InChI=1S/C17H19NO4/c1-11-5-4-8-18(14(11)10-19)16(20)13-9-12-6-2-3-7-15(12)22-17(13)21/h2-3,6-7,9,11,14,19H,4-5,8,10H2,1H3. The van der Waals surface area contributed by atoms with Crippen molar-refractivity contribution in [1.29, 1.82) is 0 Å². The average Bonchev–Trinajstić information content (AvgIpc) is 2.53. The molecule has 0 saturated carbocycles. The van der Waals surface area contributed by atoms with E-state index in [1.165, 1.54) is 0 Å². The minimum absolute atomic E-state index is 0.0336. The van der Waals surface area contributed by atoms with E-state index in [0.29, 0.717) is 12.1 Å². The predicted octanol–water partition coefficient (Wildman–Crippen LogP) is 2.03. The number of benzene rings is 1. The zero-order valence-electron chi connectivity index (χ0n) is 12.5. The van der Waals surface area contributed by atoms with Crippen molar-refractivity contribution in [3.63, 3.8) is 0 Å². The summed E-state index contributed by atoms with van der Waals surface area (Å²) in [6, 6.07) is 8.45. The molecule has 116 valence electrons. The molecule has 1 fully saturated rings. The van der Waals surface area contributed by atoms with E-state index in [-0.39, 0.29) is 30.0 Å². The van der Waals surface area contributed by atoms with E-state index in [0.717, 1.165) is 18.2 Å². The highest BCUT2D eigenvalue weighted by Gasteiger charge is 2.33. The van der Waals surface area contributed by atoms with Crippen LogP contribution in [0.3, 0.4) is 0 Å². The van der Waals surface area contributed by atoms with Crippen molar-refractivity contribution in [2.45, 2.75) is 25.8 Å². The molecule has 22 heavy (non-hydrogen) atoms. The van der Waals surface area contributed by atoms with Gasteiger partial charge >= 0.3 is 5.63 Å². The second kappa shape index (κ2) is 5.93. The van der Waals surface area contributed by atoms with E-state index in [4.69, 9.17) is 4.42 Å². The Morgan fingerprint density at radius 3 is 2.95 bits per heavy atom. The Balaban J connectivity index is 2.01. The molecule has 5 heteroatoms. The fraction of sp³-hybridized carbons (Fsp3) is 0.412. The molecule has 0 spiro atoms. The Labute approximate surface area is 128 Å². The van der Waals surface area contributed by atoms with Gasteiger partial charge in [0.15, 0.2) is 0 Å². The van der Waals surface area contributed by atoms with Crippen LogP contribution < -0.4 is 5.63 Å². The zero-order valence-corrected chi connectivity index (χ0v) is 12.5. The van der Waals surface area contributed by atoms with Crippen LogP contribution in [0.25, 0.3) is 11.0 Å². The van der Waals surface area contributed by atoms with Gasteiger partial charge in [0, 0.05) is 11.9 Å². The van der Waals surface area contributed by atoms with Crippen LogP contribution in [-0.4, -0.2) is 35.1 Å². The lowest BCUT2D eigenvalue weighted by Gasteiger charge is -2.38. The third kappa shape index (κ3) is 2.52. The number of fused-ring (bicyclic) bond motifs is 1. The van der Waals surface area contributed by atoms with Crippen LogP contribution >= 0.6 is 0 Å². The van der Waals surface area contributed by atoms with Crippen LogP contribution in [-0.2, 0) is 0 Å². The van der Waals surface area contributed by atoms with Gasteiger partial charge in [0.1, 0.15) is 11.1 Å². The van der Waals surface area contributed by atoms with E-state index < -0.39 is 5.63 Å². The first-order valence-electron chi connectivity index (χ1n) is 7.56. The van der Waals surface area contributed by atoms with E-state index in [2.05, 4.69) is 0 Å². The molecule has 0 aliphatic carbocycles. The molecule has 0 radical (unpaired) electrons. The molecule has 1 N–H and O–H groups in total. The van der Waals surface area contributed by atoms with Crippen LogP contribution in [0.15, 0.2) is 39.5 Å². The number of nitrogens with zero attached hydrogens (tertiary/aromatic N) is 1. The maximum atomic E-state index is 12.7. The average molecular weight is 301 g/mol. The summed E-state index contributed by atoms with van der Waals surface area (Å²) in [6.07, 6.45) is 1.85. The third-order valence-corrected chi connectivity index (χ3v) is 4.44. The molecule has 3 rings (SSSR count). The molecule has 2 unspecified atom stereocenters. The van der Waals surface area contributed by atoms with Gasteiger partial charge in [-0.25, -0.2) is 4.79 Å². The number of carbonyl (C=O) groups is 1. The van der Waals surface area contributed by atoms with Crippen LogP contribution in [0, 0.1) is 5.92 Å². The first-order chi connectivity index (χ1) is 10.6. The highest BCUT2D eigenvalue weighted by atomic mass is 16.4. The lowest BCUT2D eigenvalue weighted by atomic mass is 9.91. The van der Waals surface area contributed by atoms with Gasteiger partial charge in [-0.15, -0.1) is 0 Å². The Morgan fingerprint density at radius 2 is 2.18 bits per heavy atom. The number of amides is 1. The molecule has 2 atom stereocenters. The first-order valence-corrected chi connectivity index (χ1v) is 7.56. The number of hydrogen-bond acceptors (Lipinski definition) is 4. The SMILES string of the molecule is CC1CCCN(C(=O)c2cc3ccccc3oc2=O)C1CO. The minimum atomic E-state index is -0.626. The van der Waals surface area contributed by atoms with Gasteiger partial charge in [-0.1, -0.05) is 25.1 Å². The van der Waals surface area contributed by atoms with Crippen LogP contribution in [0.4, 0.5) is 0 Å². The summed E-state index contributed by atoms with van der Waals surface area (Å²) in [7, 11) is 0. The molecule has 1 amide bonds. The monoisotopic (exact) mass is 301 g/mol. The molecule has 1 saturated heterocycles. The zero-order chi connectivity index (χ0) is 15.7. The van der Waals surface area contributed by atoms with Crippen molar-refractivity contribution in [3.05, 3.63) is 46.3 Å². The largest absolute Gasteiger partial charge is 0.422 e. The molecule has 5 nitrogen and oxygen atoms in total. The van der Waals surface area contributed by atoms with Crippen LogP contribution in [0.2, 0.25) is 0 Å². The lowest BCUT2D eigenvalue weighted by molar-refractivity contribution is 0.0355. The lowest BCUT2D eigenvalue weighted by Crippen LogP contribution is -2.50. The quantitative estimate of drug-likeness (QED) is 0.862. The molecule has 2 aromatic rings.